The molecular weight excluding hydrogens is 377 g/mol. The molecular formula is C14H11F3N4O2S2. The van der Waals surface area contributed by atoms with E-state index in [1.807, 2.05) is 0 Å². The first kappa shape index (κ1) is 17.5. The molecule has 0 amide bonds. The van der Waals surface area contributed by atoms with Gasteiger partial charge in [0.1, 0.15) is 5.03 Å². The molecule has 0 aliphatic carbocycles. The van der Waals surface area contributed by atoms with E-state index >= 15 is 0 Å². The van der Waals surface area contributed by atoms with Crippen molar-refractivity contribution in [2.45, 2.75) is 17.7 Å². The van der Waals surface area contributed by atoms with Crippen LogP contribution in [0.15, 0.2) is 49.1 Å². The SMILES string of the molecule is CS(=O)(=NCc1ccc(-c2noc(C(F)(F)F)n2)cc1)c1cscn1. The van der Waals surface area contributed by atoms with Gasteiger partial charge >= 0.3 is 12.1 Å². The number of alkyl halides is 3. The van der Waals surface area contributed by atoms with Crippen molar-refractivity contribution in [2.75, 3.05) is 6.26 Å². The van der Waals surface area contributed by atoms with Crippen LogP contribution in [-0.2, 0) is 22.5 Å². The Labute approximate surface area is 144 Å². The van der Waals surface area contributed by atoms with Gasteiger partial charge in [-0.05, 0) is 5.56 Å². The van der Waals surface area contributed by atoms with Crippen LogP contribution in [0.4, 0.5) is 13.2 Å². The molecule has 25 heavy (non-hydrogen) atoms. The maximum atomic E-state index is 12.5. The topological polar surface area (TPSA) is 81.2 Å². The molecule has 0 spiro atoms. The fraction of sp³-hybridized carbons (Fsp3) is 0.214. The molecule has 3 aromatic rings. The van der Waals surface area contributed by atoms with Crippen molar-refractivity contribution in [1.29, 1.82) is 0 Å². The zero-order valence-electron chi connectivity index (χ0n) is 12.7. The van der Waals surface area contributed by atoms with Crippen LogP contribution < -0.4 is 0 Å². The van der Waals surface area contributed by atoms with E-state index in [9.17, 15) is 17.4 Å². The summed E-state index contributed by atoms with van der Waals surface area (Å²) in [5.41, 5.74) is 2.70. The predicted octanol–water partition coefficient (Wildman–Crippen LogP) is 3.87. The summed E-state index contributed by atoms with van der Waals surface area (Å²) < 4.78 is 58.2. The first-order valence-electron chi connectivity index (χ1n) is 6.82. The average Bonchev–Trinajstić information content (AvgIpc) is 3.24. The van der Waals surface area contributed by atoms with E-state index in [-0.39, 0.29) is 12.4 Å². The molecule has 0 saturated heterocycles. The van der Waals surface area contributed by atoms with Crippen LogP contribution in [0.1, 0.15) is 11.5 Å². The number of halogens is 3. The van der Waals surface area contributed by atoms with Crippen LogP contribution in [0.3, 0.4) is 0 Å². The van der Waals surface area contributed by atoms with Gasteiger partial charge in [-0.2, -0.15) is 18.2 Å². The van der Waals surface area contributed by atoms with E-state index in [0.717, 1.165) is 5.56 Å². The molecule has 0 bridgehead atoms. The van der Waals surface area contributed by atoms with Crippen molar-refractivity contribution in [3.63, 3.8) is 0 Å². The van der Waals surface area contributed by atoms with Crippen LogP contribution in [0, 0.1) is 0 Å². The quantitative estimate of drug-likeness (QED) is 0.678. The second-order valence-electron chi connectivity index (χ2n) is 5.03. The molecule has 0 N–H and O–H groups in total. The minimum Gasteiger partial charge on any atom is -0.329 e. The van der Waals surface area contributed by atoms with E-state index < -0.39 is 21.8 Å². The minimum absolute atomic E-state index is 0.155. The van der Waals surface area contributed by atoms with Gasteiger partial charge in [-0.1, -0.05) is 29.4 Å². The highest BCUT2D eigenvalue weighted by atomic mass is 32.2. The van der Waals surface area contributed by atoms with Crippen LogP contribution in [0.2, 0.25) is 0 Å². The Morgan fingerprint density at radius 1 is 1.28 bits per heavy atom. The summed E-state index contributed by atoms with van der Waals surface area (Å²) in [7, 11) is -2.58. The van der Waals surface area contributed by atoms with E-state index in [2.05, 4.69) is 24.0 Å². The highest BCUT2D eigenvalue weighted by molar-refractivity contribution is 7.93. The fourth-order valence-electron chi connectivity index (χ4n) is 1.87. The molecule has 6 nitrogen and oxygen atoms in total. The molecule has 132 valence electrons. The number of aromatic nitrogens is 3. The summed E-state index contributed by atoms with van der Waals surface area (Å²) in [6.07, 6.45) is -3.17. The normalized spacial score (nSPS) is 14.2. The highest BCUT2D eigenvalue weighted by Crippen LogP contribution is 2.29. The average molecular weight is 388 g/mol. The second-order valence-corrected chi connectivity index (χ2v) is 8.03. The molecule has 0 fully saturated rings. The highest BCUT2D eigenvalue weighted by Gasteiger charge is 2.38. The number of hydrogen-bond acceptors (Lipinski definition) is 7. The smallest absolute Gasteiger partial charge is 0.329 e. The van der Waals surface area contributed by atoms with Gasteiger partial charge in [0.15, 0.2) is 0 Å². The standard InChI is InChI=1S/C14H11F3N4O2S2/c1-25(22,11-7-24-8-18-11)19-6-9-2-4-10(5-3-9)12-20-13(23-21-12)14(15,16)17/h2-5,7-8H,6H2,1H3. The van der Waals surface area contributed by atoms with E-state index in [1.165, 1.54) is 17.6 Å². The zero-order chi connectivity index (χ0) is 18.1. The van der Waals surface area contributed by atoms with Crippen molar-refractivity contribution >= 4 is 21.1 Å². The lowest BCUT2D eigenvalue weighted by Gasteiger charge is -2.02. The van der Waals surface area contributed by atoms with E-state index in [4.69, 9.17) is 0 Å². The first-order valence-corrected chi connectivity index (χ1v) is 9.69. The van der Waals surface area contributed by atoms with Crippen molar-refractivity contribution in [3.8, 4) is 11.4 Å². The molecule has 1 atom stereocenters. The third-order valence-corrected chi connectivity index (χ3v) is 5.53. The van der Waals surface area contributed by atoms with Gasteiger partial charge < -0.3 is 4.52 Å². The van der Waals surface area contributed by atoms with Crippen LogP contribution in [-0.4, -0.2) is 25.6 Å². The van der Waals surface area contributed by atoms with Gasteiger partial charge in [0.2, 0.25) is 5.82 Å². The molecule has 2 heterocycles. The number of nitrogens with zero attached hydrogens (tertiary/aromatic N) is 4. The monoisotopic (exact) mass is 388 g/mol. The summed E-state index contributed by atoms with van der Waals surface area (Å²) in [5, 5.41) is 5.43. The third-order valence-electron chi connectivity index (χ3n) is 3.17. The van der Waals surface area contributed by atoms with Gasteiger partial charge in [-0.3, -0.25) is 0 Å². The van der Waals surface area contributed by atoms with Gasteiger partial charge in [0.05, 0.1) is 21.8 Å². The van der Waals surface area contributed by atoms with E-state index in [0.29, 0.717) is 10.6 Å². The summed E-state index contributed by atoms with van der Waals surface area (Å²) in [4.78, 5) is 7.33. The van der Waals surface area contributed by atoms with Gasteiger partial charge in [0.25, 0.3) is 0 Å². The van der Waals surface area contributed by atoms with Crippen molar-refractivity contribution < 1.29 is 21.9 Å². The predicted molar refractivity (Wildman–Crippen MR) is 85.3 cm³/mol. The lowest BCUT2D eigenvalue weighted by Crippen LogP contribution is -2.04. The number of hydrogen-bond donors (Lipinski definition) is 0. The van der Waals surface area contributed by atoms with E-state index in [1.54, 1.807) is 35.2 Å². The fourth-order valence-corrected chi connectivity index (χ4v) is 4.00. The Hall–Kier alpha value is -2.27. The zero-order valence-corrected chi connectivity index (χ0v) is 14.4. The van der Waals surface area contributed by atoms with Gasteiger partial charge in [-0.15, -0.1) is 11.3 Å². The molecule has 2 aromatic heterocycles. The Bertz CT molecular complexity index is 972. The first-order chi connectivity index (χ1) is 11.8. The molecule has 0 saturated carbocycles. The third kappa shape index (κ3) is 4.04. The molecule has 11 heteroatoms. The maximum absolute atomic E-state index is 12.5. The minimum atomic E-state index is -4.68. The Kier molecular flexibility index (Phi) is 4.60. The number of benzene rings is 1. The second kappa shape index (κ2) is 6.56. The van der Waals surface area contributed by atoms with Crippen molar-refractivity contribution in [2.24, 2.45) is 4.36 Å². The van der Waals surface area contributed by atoms with Crippen LogP contribution >= 0.6 is 11.3 Å². The van der Waals surface area contributed by atoms with Gasteiger partial charge in [0, 0.05) is 17.2 Å². The molecule has 0 aliphatic rings. The lowest BCUT2D eigenvalue weighted by molar-refractivity contribution is -0.159. The van der Waals surface area contributed by atoms with Crippen LogP contribution in [0.5, 0.6) is 0 Å². The largest absolute Gasteiger partial charge is 0.471 e. The Morgan fingerprint density at radius 2 is 2.00 bits per heavy atom. The Balaban J connectivity index is 1.77. The maximum Gasteiger partial charge on any atom is 0.471 e. The van der Waals surface area contributed by atoms with Crippen molar-refractivity contribution in [3.05, 3.63) is 46.6 Å². The summed E-state index contributed by atoms with van der Waals surface area (Å²) >= 11 is 1.34. The summed E-state index contributed by atoms with van der Waals surface area (Å²) in [5.74, 6) is -1.55. The molecule has 0 aliphatic heterocycles. The Morgan fingerprint density at radius 3 is 2.56 bits per heavy atom. The lowest BCUT2D eigenvalue weighted by atomic mass is 10.1. The molecule has 1 aromatic carbocycles. The van der Waals surface area contributed by atoms with Crippen molar-refractivity contribution in [1.82, 2.24) is 15.1 Å². The summed E-state index contributed by atoms with van der Waals surface area (Å²) in [6, 6.07) is 6.41. The molecule has 0 radical (unpaired) electrons. The number of rotatable bonds is 4. The van der Waals surface area contributed by atoms with Crippen LogP contribution in [0.25, 0.3) is 11.4 Å². The summed E-state index contributed by atoms with van der Waals surface area (Å²) in [6.45, 7) is 0.188. The number of thiazole rings is 1. The molecule has 1 unspecified atom stereocenters. The van der Waals surface area contributed by atoms with Gasteiger partial charge in [-0.25, -0.2) is 13.6 Å². The molecule has 3 rings (SSSR count).